The normalized spacial score (nSPS) is 13.8. The zero-order valence-corrected chi connectivity index (χ0v) is 13.3. The highest BCUT2D eigenvalue weighted by atomic mass is 28.4. The summed E-state index contributed by atoms with van der Waals surface area (Å²) < 4.78 is 17.7. The first-order chi connectivity index (χ1) is 8.64. The van der Waals surface area contributed by atoms with Crippen molar-refractivity contribution in [2.24, 2.45) is 5.73 Å². The van der Waals surface area contributed by atoms with E-state index in [1.165, 1.54) is 0 Å². The summed E-state index contributed by atoms with van der Waals surface area (Å²) in [6.07, 6.45) is 1.90. The quantitative estimate of drug-likeness (QED) is 0.420. The van der Waals surface area contributed by atoms with Gasteiger partial charge in [0.1, 0.15) is 0 Å². The molecule has 0 aliphatic heterocycles. The summed E-state index contributed by atoms with van der Waals surface area (Å²) >= 11 is 0. The smallest absolute Gasteiger partial charge is 0.374 e. The molecule has 110 valence electrons. The fourth-order valence-corrected chi connectivity index (χ4v) is 4.49. The molecule has 3 N–H and O–H groups in total. The predicted octanol–water partition coefficient (Wildman–Crippen LogP) is 1.71. The van der Waals surface area contributed by atoms with Crippen molar-refractivity contribution in [1.82, 2.24) is 5.32 Å². The Morgan fingerprint density at radius 3 is 2.22 bits per heavy atom. The van der Waals surface area contributed by atoms with Crippen LogP contribution in [0.15, 0.2) is 0 Å². The van der Waals surface area contributed by atoms with Crippen molar-refractivity contribution >= 4 is 8.80 Å². The highest BCUT2D eigenvalue weighted by Crippen LogP contribution is 2.19. The number of nitrogens with one attached hydrogen (secondary N) is 1. The van der Waals surface area contributed by atoms with Crippen LogP contribution in [-0.4, -0.2) is 41.3 Å². The van der Waals surface area contributed by atoms with Crippen LogP contribution in [-0.2, 0) is 13.3 Å². The Morgan fingerprint density at radius 2 is 1.78 bits per heavy atom. The van der Waals surface area contributed by atoms with Crippen molar-refractivity contribution in [1.29, 1.82) is 0 Å². The van der Waals surface area contributed by atoms with Crippen LogP contribution in [0.5, 0.6) is 0 Å². The van der Waals surface area contributed by atoms with Gasteiger partial charge in [0.25, 0.3) is 0 Å². The van der Waals surface area contributed by atoms with Gasteiger partial charge < -0.3 is 19.0 Å². The Hall–Kier alpha value is 0.0169. The lowest BCUT2D eigenvalue weighted by Crippen LogP contribution is -2.51. The standard InChI is InChI=1S/C12H30N2O3Si/c1-5-10-14-12(4)17-18(15-6-2,16-7-3)11-8-9-13/h12,14H,5-11,13H2,1-4H3. The van der Waals surface area contributed by atoms with E-state index >= 15 is 0 Å². The van der Waals surface area contributed by atoms with Crippen LogP contribution < -0.4 is 11.1 Å². The van der Waals surface area contributed by atoms with Gasteiger partial charge in [0.05, 0.1) is 6.23 Å². The molecular formula is C12H30N2O3Si. The van der Waals surface area contributed by atoms with Gasteiger partial charge in [-0.05, 0) is 46.7 Å². The van der Waals surface area contributed by atoms with Crippen LogP contribution in [0.1, 0.15) is 40.5 Å². The van der Waals surface area contributed by atoms with E-state index < -0.39 is 8.80 Å². The Morgan fingerprint density at radius 1 is 1.17 bits per heavy atom. The Kier molecular flexibility index (Phi) is 10.9. The van der Waals surface area contributed by atoms with E-state index in [1.807, 2.05) is 20.8 Å². The Bertz CT molecular complexity index is 190. The molecule has 0 aromatic heterocycles. The number of hydrogen-bond acceptors (Lipinski definition) is 5. The molecule has 0 rings (SSSR count). The average molecular weight is 278 g/mol. The lowest BCUT2D eigenvalue weighted by molar-refractivity contribution is 0.0265. The largest absolute Gasteiger partial charge is 0.502 e. The van der Waals surface area contributed by atoms with Gasteiger partial charge in [-0.15, -0.1) is 0 Å². The van der Waals surface area contributed by atoms with Gasteiger partial charge in [-0.2, -0.15) is 0 Å². The molecule has 0 aromatic carbocycles. The molecule has 1 unspecified atom stereocenters. The van der Waals surface area contributed by atoms with E-state index in [4.69, 9.17) is 19.0 Å². The molecule has 0 saturated heterocycles. The van der Waals surface area contributed by atoms with E-state index in [0.29, 0.717) is 19.8 Å². The first-order valence-corrected chi connectivity index (χ1v) is 8.96. The Labute approximate surface area is 113 Å². The fourth-order valence-electron chi connectivity index (χ4n) is 1.73. The molecule has 0 spiro atoms. The zero-order chi connectivity index (χ0) is 13.9. The molecule has 0 aliphatic rings. The van der Waals surface area contributed by atoms with Crippen molar-refractivity contribution in [2.75, 3.05) is 26.3 Å². The molecule has 0 amide bonds. The van der Waals surface area contributed by atoms with Crippen molar-refractivity contribution in [3.8, 4) is 0 Å². The summed E-state index contributed by atoms with van der Waals surface area (Å²) in [5, 5.41) is 3.30. The molecule has 18 heavy (non-hydrogen) atoms. The summed E-state index contributed by atoms with van der Waals surface area (Å²) in [7, 11) is -2.57. The van der Waals surface area contributed by atoms with E-state index in [1.54, 1.807) is 0 Å². The minimum absolute atomic E-state index is 0.0486. The maximum Gasteiger partial charge on any atom is 0.502 e. The average Bonchev–Trinajstić information content (AvgIpc) is 2.34. The molecule has 0 saturated carbocycles. The van der Waals surface area contributed by atoms with Gasteiger partial charge in [0.2, 0.25) is 0 Å². The minimum Gasteiger partial charge on any atom is -0.374 e. The second-order valence-corrected chi connectivity index (χ2v) is 6.83. The molecule has 0 heterocycles. The molecule has 0 bridgehead atoms. The molecule has 0 fully saturated rings. The van der Waals surface area contributed by atoms with E-state index in [9.17, 15) is 0 Å². The SMILES string of the molecule is CCCNC(C)O[Si](CCCN)(OCC)OCC. The summed E-state index contributed by atoms with van der Waals surface area (Å²) in [6, 6.07) is 0.781. The highest BCUT2D eigenvalue weighted by molar-refractivity contribution is 6.60. The molecule has 0 aliphatic carbocycles. The molecule has 0 radical (unpaired) electrons. The molecule has 5 nitrogen and oxygen atoms in total. The van der Waals surface area contributed by atoms with Crippen LogP contribution in [0.2, 0.25) is 6.04 Å². The third-order valence-electron chi connectivity index (χ3n) is 2.45. The van der Waals surface area contributed by atoms with Crippen LogP contribution in [0.3, 0.4) is 0 Å². The summed E-state index contributed by atoms with van der Waals surface area (Å²) in [4.78, 5) is 0. The van der Waals surface area contributed by atoms with Crippen molar-refractivity contribution in [2.45, 2.75) is 52.8 Å². The second-order valence-electron chi connectivity index (χ2n) is 4.16. The number of hydrogen-bond donors (Lipinski definition) is 2. The molecule has 0 aromatic rings. The molecule has 1 atom stereocenters. The van der Waals surface area contributed by atoms with Gasteiger partial charge in [0, 0.05) is 19.3 Å². The highest BCUT2D eigenvalue weighted by Gasteiger charge is 2.41. The summed E-state index contributed by atoms with van der Waals surface area (Å²) in [5.41, 5.74) is 5.58. The van der Waals surface area contributed by atoms with Gasteiger partial charge in [-0.25, -0.2) is 0 Å². The summed E-state index contributed by atoms with van der Waals surface area (Å²) in [5.74, 6) is 0. The Balaban J connectivity index is 4.47. The third-order valence-corrected chi connectivity index (χ3v) is 5.59. The fraction of sp³-hybridized carbons (Fsp3) is 1.00. The number of rotatable bonds is 12. The van der Waals surface area contributed by atoms with Crippen LogP contribution >= 0.6 is 0 Å². The van der Waals surface area contributed by atoms with Crippen LogP contribution in [0, 0.1) is 0 Å². The topological polar surface area (TPSA) is 65.7 Å². The minimum atomic E-state index is -2.57. The van der Waals surface area contributed by atoms with Gasteiger partial charge >= 0.3 is 8.80 Å². The first-order valence-electron chi connectivity index (χ1n) is 7.03. The van der Waals surface area contributed by atoms with Gasteiger partial charge in [-0.1, -0.05) is 6.92 Å². The monoisotopic (exact) mass is 278 g/mol. The van der Waals surface area contributed by atoms with Crippen molar-refractivity contribution in [3.05, 3.63) is 0 Å². The van der Waals surface area contributed by atoms with Gasteiger partial charge in [0.15, 0.2) is 0 Å². The zero-order valence-electron chi connectivity index (χ0n) is 12.3. The van der Waals surface area contributed by atoms with Crippen LogP contribution in [0.4, 0.5) is 0 Å². The maximum absolute atomic E-state index is 6.05. The lowest BCUT2D eigenvalue weighted by atomic mass is 10.5. The molecular weight excluding hydrogens is 248 g/mol. The first kappa shape index (κ1) is 18.0. The predicted molar refractivity (Wildman–Crippen MR) is 76.3 cm³/mol. The lowest BCUT2D eigenvalue weighted by Gasteiger charge is -2.32. The summed E-state index contributed by atoms with van der Waals surface area (Å²) in [6.45, 7) is 10.8. The van der Waals surface area contributed by atoms with Crippen molar-refractivity contribution < 1.29 is 13.3 Å². The van der Waals surface area contributed by atoms with Crippen LogP contribution in [0.25, 0.3) is 0 Å². The molecule has 6 heteroatoms. The van der Waals surface area contributed by atoms with Gasteiger partial charge in [-0.3, -0.25) is 5.32 Å². The van der Waals surface area contributed by atoms with Crippen molar-refractivity contribution in [3.63, 3.8) is 0 Å². The number of nitrogens with two attached hydrogens (primary N) is 1. The third kappa shape index (κ3) is 7.45. The second kappa shape index (κ2) is 10.9. The van der Waals surface area contributed by atoms with E-state index in [2.05, 4.69) is 12.2 Å². The maximum atomic E-state index is 6.05. The van der Waals surface area contributed by atoms with E-state index in [0.717, 1.165) is 25.4 Å². The van der Waals surface area contributed by atoms with E-state index in [-0.39, 0.29) is 6.23 Å².